The van der Waals surface area contributed by atoms with Crippen LogP contribution in [0.15, 0.2) is 41.4 Å². The van der Waals surface area contributed by atoms with Crippen LogP contribution in [0.3, 0.4) is 0 Å². The topological polar surface area (TPSA) is 12.9 Å². The molecular formula is C16H21NS. The number of aromatic nitrogens is 1. The van der Waals surface area contributed by atoms with Gasteiger partial charge in [-0.25, -0.2) is 0 Å². The van der Waals surface area contributed by atoms with Crippen LogP contribution in [0.5, 0.6) is 0 Å². The fourth-order valence-corrected chi connectivity index (χ4v) is 3.14. The quantitative estimate of drug-likeness (QED) is 0.494. The fourth-order valence-electron chi connectivity index (χ4n) is 2.08. The first-order valence-electron chi connectivity index (χ1n) is 6.88. The highest BCUT2D eigenvalue weighted by Crippen LogP contribution is 2.27. The van der Waals surface area contributed by atoms with Crippen molar-refractivity contribution in [2.24, 2.45) is 0 Å². The molecule has 1 aromatic carbocycles. The van der Waals surface area contributed by atoms with Crippen molar-refractivity contribution in [2.45, 2.75) is 43.9 Å². The van der Waals surface area contributed by atoms with Crippen LogP contribution < -0.4 is 0 Å². The zero-order valence-corrected chi connectivity index (χ0v) is 11.9. The van der Waals surface area contributed by atoms with Gasteiger partial charge in [0.25, 0.3) is 0 Å². The summed E-state index contributed by atoms with van der Waals surface area (Å²) >= 11 is 1.97. The molecule has 0 aliphatic rings. The van der Waals surface area contributed by atoms with Crippen molar-refractivity contribution in [1.29, 1.82) is 0 Å². The molecule has 2 rings (SSSR count). The van der Waals surface area contributed by atoms with Gasteiger partial charge in [0.1, 0.15) is 0 Å². The monoisotopic (exact) mass is 259 g/mol. The van der Waals surface area contributed by atoms with Crippen LogP contribution in [0.4, 0.5) is 0 Å². The van der Waals surface area contributed by atoms with Crippen molar-refractivity contribution >= 4 is 22.7 Å². The fraction of sp³-hybridized carbons (Fsp3) is 0.438. The maximum absolute atomic E-state index is 4.40. The minimum atomic E-state index is 1.11. The number of unbranched alkanes of at least 4 members (excludes halogenated alkanes) is 4. The average molecular weight is 259 g/mol. The SMILES string of the molecule is CCCCCCCSc1ccnc2ccccc12. The third-order valence-electron chi connectivity index (χ3n) is 3.11. The normalized spacial score (nSPS) is 10.9. The van der Waals surface area contributed by atoms with Crippen molar-refractivity contribution in [3.05, 3.63) is 36.5 Å². The van der Waals surface area contributed by atoms with E-state index in [1.54, 1.807) is 0 Å². The zero-order valence-electron chi connectivity index (χ0n) is 11.1. The van der Waals surface area contributed by atoms with Gasteiger partial charge in [-0.2, -0.15) is 0 Å². The van der Waals surface area contributed by atoms with Crippen molar-refractivity contribution in [2.75, 3.05) is 5.75 Å². The van der Waals surface area contributed by atoms with Crippen molar-refractivity contribution in [3.8, 4) is 0 Å². The largest absolute Gasteiger partial charge is 0.256 e. The number of thioether (sulfide) groups is 1. The summed E-state index contributed by atoms with van der Waals surface area (Å²) in [7, 11) is 0. The highest BCUT2D eigenvalue weighted by Gasteiger charge is 2.01. The number of rotatable bonds is 7. The number of para-hydroxylation sites is 1. The molecule has 2 heteroatoms. The van der Waals surface area contributed by atoms with E-state index in [2.05, 4.69) is 42.2 Å². The standard InChI is InChI=1S/C16H21NS/c1-2-3-4-5-8-13-18-16-11-12-17-15-10-7-6-9-14(15)16/h6-7,9-12H,2-5,8,13H2,1H3. The number of hydrogen-bond donors (Lipinski definition) is 0. The molecule has 1 heterocycles. The number of hydrogen-bond acceptors (Lipinski definition) is 2. The first-order valence-corrected chi connectivity index (χ1v) is 7.87. The van der Waals surface area contributed by atoms with Crippen LogP contribution in [0, 0.1) is 0 Å². The van der Waals surface area contributed by atoms with Crippen LogP contribution in [0.2, 0.25) is 0 Å². The lowest BCUT2D eigenvalue weighted by atomic mass is 10.2. The van der Waals surface area contributed by atoms with Crippen LogP contribution in [-0.2, 0) is 0 Å². The van der Waals surface area contributed by atoms with Gasteiger partial charge in [-0.15, -0.1) is 11.8 Å². The molecule has 0 radical (unpaired) electrons. The molecule has 1 nitrogen and oxygen atoms in total. The van der Waals surface area contributed by atoms with E-state index in [0.717, 1.165) is 5.52 Å². The van der Waals surface area contributed by atoms with Crippen LogP contribution >= 0.6 is 11.8 Å². The Morgan fingerprint density at radius 1 is 1.00 bits per heavy atom. The second-order valence-corrected chi connectivity index (χ2v) is 5.73. The van der Waals surface area contributed by atoms with Gasteiger partial charge in [-0.1, -0.05) is 50.8 Å². The molecule has 0 N–H and O–H groups in total. The molecule has 0 bridgehead atoms. The van der Waals surface area contributed by atoms with Gasteiger partial charge < -0.3 is 0 Å². The van der Waals surface area contributed by atoms with Crippen molar-refractivity contribution in [1.82, 2.24) is 4.98 Å². The van der Waals surface area contributed by atoms with E-state index < -0.39 is 0 Å². The van der Waals surface area contributed by atoms with Gasteiger partial charge in [-0.3, -0.25) is 4.98 Å². The van der Waals surface area contributed by atoms with E-state index in [1.807, 2.05) is 18.0 Å². The highest BCUT2D eigenvalue weighted by molar-refractivity contribution is 7.99. The molecule has 0 spiro atoms. The molecule has 0 aliphatic heterocycles. The second-order valence-electron chi connectivity index (χ2n) is 4.59. The van der Waals surface area contributed by atoms with Crippen molar-refractivity contribution in [3.63, 3.8) is 0 Å². The Morgan fingerprint density at radius 3 is 2.72 bits per heavy atom. The Kier molecular flexibility index (Phi) is 5.53. The van der Waals surface area contributed by atoms with E-state index in [9.17, 15) is 0 Å². The van der Waals surface area contributed by atoms with Gasteiger partial charge in [0.2, 0.25) is 0 Å². The summed E-state index contributed by atoms with van der Waals surface area (Å²) in [6.07, 6.45) is 8.69. The van der Waals surface area contributed by atoms with Crippen LogP contribution in [0.1, 0.15) is 39.0 Å². The maximum atomic E-state index is 4.40. The number of fused-ring (bicyclic) bond motifs is 1. The summed E-state index contributed by atoms with van der Waals surface area (Å²) in [6.45, 7) is 2.26. The third kappa shape index (κ3) is 3.74. The van der Waals surface area contributed by atoms with E-state index in [-0.39, 0.29) is 0 Å². The summed E-state index contributed by atoms with van der Waals surface area (Å²) in [4.78, 5) is 5.77. The zero-order chi connectivity index (χ0) is 12.6. The Labute approximate surface area is 114 Å². The molecule has 0 aliphatic carbocycles. The molecular weight excluding hydrogens is 238 g/mol. The summed E-state index contributed by atoms with van der Waals surface area (Å²) in [5, 5.41) is 1.29. The minimum absolute atomic E-state index is 1.11. The summed E-state index contributed by atoms with van der Waals surface area (Å²) in [5.74, 6) is 1.22. The summed E-state index contributed by atoms with van der Waals surface area (Å²) < 4.78 is 0. The maximum Gasteiger partial charge on any atom is 0.0713 e. The first kappa shape index (κ1) is 13.4. The molecule has 1 aromatic heterocycles. The Balaban J connectivity index is 1.88. The molecule has 0 saturated heterocycles. The highest BCUT2D eigenvalue weighted by atomic mass is 32.2. The number of benzene rings is 1. The van der Waals surface area contributed by atoms with E-state index >= 15 is 0 Å². The molecule has 0 unspecified atom stereocenters. The number of nitrogens with zero attached hydrogens (tertiary/aromatic N) is 1. The van der Waals surface area contributed by atoms with Gasteiger partial charge >= 0.3 is 0 Å². The molecule has 2 aromatic rings. The average Bonchev–Trinajstić information content (AvgIpc) is 2.43. The molecule has 18 heavy (non-hydrogen) atoms. The van der Waals surface area contributed by atoms with Crippen LogP contribution in [-0.4, -0.2) is 10.7 Å². The molecule has 96 valence electrons. The molecule has 0 saturated carbocycles. The van der Waals surface area contributed by atoms with Crippen LogP contribution in [0.25, 0.3) is 10.9 Å². The summed E-state index contributed by atoms with van der Waals surface area (Å²) in [5.41, 5.74) is 1.11. The van der Waals surface area contributed by atoms with Gasteiger partial charge in [-0.05, 0) is 24.3 Å². The third-order valence-corrected chi connectivity index (χ3v) is 4.27. The van der Waals surface area contributed by atoms with Gasteiger partial charge in [0, 0.05) is 16.5 Å². The lowest BCUT2D eigenvalue weighted by Gasteiger charge is -2.05. The number of pyridine rings is 1. The Morgan fingerprint density at radius 2 is 1.83 bits per heavy atom. The summed E-state index contributed by atoms with van der Waals surface area (Å²) in [6, 6.07) is 10.5. The molecule has 0 atom stereocenters. The van der Waals surface area contributed by atoms with Gasteiger partial charge in [0.15, 0.2) is 0 Å². The lowest BCUT2D eigenvalue weighted by Crippen LogP contribution is -1.85. The van der Waals surface area contributed by atoms with E-state index in [0.29, 0.717) is 0 Å². The molecule has 0 amide bonds. The van der Waals surface area contributed by atoms with E-state index in [4.69, 9.17) is 0 Å². The van der Waals surface area contributed by atoms with E-state index in [1.165, 1.54) is 48.1 Å². The lowest BCUT2D eigenvalue weighted by molar-refractivity contribution is 0.659. The Hall–Kier alpha value is -1.02. The Bertz CT molecular complexity index is 476. The second kappa shape index (κ2) is 7.42. The molecule has 0 fully saturated rings. The predicted octanol–water partition coefficient (Wildman–Crippen LogP) is 5.30. The smallest absolute Gasteiger partial charge is 0.0713 e. The van der Waals surface area contributed by atoms with Gasteiger partial charge in [0.05, 0.1) is 5.52 Å². The first-order chi connectivity index (χ1) is 8.92. The predicted molar refractivity (Wildman–Crippen MR) is 81.2 cm³/mol. The minimum Gasteiger partial charge on any atom is -0.256 e. The van der Waals surface area contributed by atoms with Crippen molar-refractivity contribution < 1.29 is 0 Å².